The van der Waals surface area contributed by atoms with Crippen LogP contribution >= 0.6 is 11.6 Å². The van der Waals surface area contributed by atoms with E-state index in [9.17, 15) is 18.4 Å². The summed E-state index contributed by atoms with van der Waals surface area (Å²) in [4.78, 5) is 35.2. The van der Waals surface area contributed by atoms with E-state index in [1.807, 2.05) is 0 Å². The molecule has 2 amide bonds. The number of nitrogens with two attached hydrogens (primary N) is 1. The molecule has 1 aromatic carbocycles. The summed E-state index contributed by atoms with van der Waals surface area (Å²) in [5.74, 6) is -3.38. The van der Waals surface area contributed by atoms with Gasteiger partial charge in [-0.15, -0.1) is 0 Å². The molecule has 12 heteroatoms. The average molecular weight is 594 g/mol. The second-order valence-electron chi connectivity index (χ2n) is 10.2. The number of hydrogen-bond acceptors (Lipinski definition) is 6. The standard InChI is InChI=1S/C30H30ClF2N7O2/c1-3-12-30(32,33)20-11-13-35-23(15-20)37-29(42)19-9-7-18(8-10-19)26-25-27(22(31)16-36-28(25)34)40(38-26)21-6-5-14-39(17-21)24(41)4-2/h4,7-11,13,15-16,21H,2-3,5-6,12,14,17H2,1H3,(H2,34,36)(H,35,37,42). The zero-order chi connectivity index (χ0) is 30.0. The van der Waals surface area contributed by atoms with Gasteiger partial charge in [0.2, 0.25) is 5.91 Å². The quantitative estimate of drug-likeness (QED) is 0.234. The predicted octanol–water partition coefficient (Wildman–Crippen LogP) is 6.22. The zero-order valence-electron chi connectivity index (χ0n) is 23.0. The molecular formula is C30H30ClF2N7O2. The second-order valence-corrected chi connectivity index (χ2v) is 10.6. The topological polar surface area (TPSA) is 119 Å². The normalized spacial score (nSPS) is 15.5. The molecule has 5 rings (SSSR count). The van der Waals surface area contributed by atoms with Crippen LogP contribution in [0.15, 0.2) is 61.4 Å². The van der Waals surface area contributed by atoms with Gasteiger partial charge in [-0.25, -0.2) is 18.7 Å². The minimum Gasteiger partial charge on any atom is -0.383 e. The van der Waals surface area contributed by atoms with E-state index in [-0.39, 0.29) is 35.6 Å². The number of halogens is 3. The number of aromatic nitrogens is 4. The van der Waals surface area contributed by atoms with Gasteiger partial charge < -0.3 is 16.0 Å². The first-order valence-corrected chi connectivity index (χ1v) is 14.0. The number of nitrogens with one attached hydrogen (secondary N) is 1. The first kappa shape index (κ1) is 29.1. The van der Waals surface area contributed by atoms with Crippen molar-refractivity contribution in [3.05, 3.63) is 77.6 Å². The van der Waals surface area contributed by atoms with Gasteiger partial charge >= 0.3 is 0 Å². The maximum atomic E-state index is 14.4. The molecule has 0 radical (unpaired) electrons. The number of carbonyl (C=O) groups excluding carboxylic acids is 2. The Hall–Kier alpha value is -4.38. The summed E-state index contributed by atoms with van der Waals surface area (Å²) in [6.45, 7) is 6.36. The Morgan fingerprint density at radius 3 is 2.71 bits per heavy atom. The van der Waals surface area contributed by atoms with Gasteiger partial charge in [-0.3, -0.25) is 14.3 Å². The third kappa shape index (κ3) is 5.69. The molecule has 4 aromatic rings. The minimum absolute atomic E-state index is 0.0343. The fraction of sp³-hybridized carbons (Fsp3) is 0.300. The Labute approximate surface area is 246 Å². The van der Waals surface area contributed by atoms with E-state index in [1.165, 1.54) is 30.6 Å². The smallest absolute Gasteiger partial charge is 0.273 e. The van der Waals surface area contributed by atoms with Crippen LogP contribution in [0, 0.1) is 0 Å². The lowest BCUT2D eigenvalue weighted by atomic mass is 10.0. The molecule has 0 aliphatic carbocycles. The molecule has 1 saturated heterocycles. The highest BCUT2D eigenvalue weighted by Gasteiger charge is 2.31. The number of nitrogen functional groups attached to an aromatic ring is 1. The van der Waals surface area contributed by atoms with Crippen LogP contribution in [0.5, 0.6) is 0 Å². The van der Waals surface area contributed by atoms with E-state index >= 15 is 0 Å². The fourth-order valence-electron chi connectivity index (χ4n) is 5.26. The molecule has 1 aliphatic heterocycles. The highest BCUT2D eigenvalue weighted by Crippen LogP contribution is 2.38. The molecule has 0 spiro atoms. The average Bonchev–Trinajstić information content (AvgIpc) is 3.41. The van der Waals surface area contributed by atoms with E-state index in [1.54, 1.807) is 40.8 Å². The van der Waals surface area contributed by atoms with Gasteiger partial charge in [0.15, 0.2) is 0 Å². The molecule has 42 heavy (non-hydrogen) atoms. The minimum atomic E-state index is -3.01. The van der Waals surface area contributed by atoms with E-state index < -0.39 is 11.8 Å². The highest BCUT2D eigenvalue weighted by molar-refractivity contribution is 6.35. The van der Waals surface area contributed by atoms with Crippen molar-refractivity contribution in [1.82, 2.24) is 24.6 Å². The molecule has 1 atom stereocenters. The summed E-state index contributed by atoms with van der Waals surface area (Å²) in [6.07, 6.45) is 5.63. The van der Waals surface area contributed by atoms with Crippen molar-refractivity contribution in [2.45, 2.75) is 44.6 Å². The van der Waals surface area contributed by atoms with Crippen molar-refractivity contribution in [3.63, 3.8) is 0 Å². The number of benzene rings is 1. The van der Waals surface area contributed by atoms with Crippen molar-refractivity contribution in [3.8, 4) is 11.3 Å². The number of rotatable bonds is 8. The van der Waals surface area contributed by atoms with E-state index in [2.05, 4.69) is 21.9 Å². The number of piperidine rings is 1. The number of pyridine rings is 2. The number of carbonyl (C=O) groups is 2. The van der Waals surface area contributed by atoms with Crippen LogP contribution < -0.4 is 11.1 Å². The highest BCUT2D eigenvalue weighted by atomic mass is 35.5. The van der Waals surface area contributed by atoms with E-state index in [4.69, 9.17) is 22.4 Å². The largest absolute Gasteiger partial charge is 0.383 e. The van der Waals surface area contributed by atoms with Crippen LogP contribution in [-0.4, -0.2) is 49.6 Å². The first-order chi connectivity index (χ1) is 20.1. The Balaban J connectivity index is 1.44. The van der Waals surface area contributed by atoms with Crippen molar-refractivity contribution in [1.29, 1.82) is 0 Å². The van der Waals surface area contributed by atoms with Crippen LogP contribution in [-0.2, 0) is 10.7 Å². The number of likely N-dealkylation sites (tertiary alicyclic amines) is 1. The molecule has 218 valence electrons. The maximum absolute atomic E-state index is 14.4. The van der Waals surface area contributed by atoms with Crippen molar-refractivity contribution in [2.75, 3.05) is 24.1 Å². The Bertz CT molecular complexity index is 1660. The molecule has 1 fully saturated rings. The van der Waals surface area contributed by atoms with Crippen molar-refractivity contribution in [2.24, 2.45) is 0 Å². The van der Waals surface area contributed by atoms with E-state index in [0.717, 1.165) is 12.8 Å². The van der Waals surface area contributed by atoms with Crippen LogP contribution in [0.3, 0.4) is 0 Å². The van der Waals surface area contributed by atoms with Crippen LogP contribution in [0.1, 0.15) is 54.6 Å². The number of alkyl halides is 2. The Morgan fingerprint density at radius 1 is 1.24 bits per heavy atom. The van der Waals surface area contributed by atoms with Crippen molar-refractivity contribution < 1.29 is 18.4 Å². The molecular weight excluding hydrogens is 564 g/mol. The summed E-state index contributed by atoms with van der Waals surface area (Å²) < 4.78 is 30.5. The molecule has 4 heterocycles. The van der Waals surface area contributed by atoms with Gasteiger partial charge in [-0.1, -0.05) is 43.7 Å². The van der Waals surface area contributed by atoms with Gasteiger partial charge in [0.1, 0.15) is 17.3 Å². The lowest BCUT2D eigenvalue weighted by Crippen LogP contribution is -2.40. The monoisotopic (exact) mass is 593 g/mol. The lowest BCUT2D eigenvalue weighted by Gasteiger charge is -2.32. The molecule has 0 bridgehead atoms. The number of fused-ring (bicyclic) bond motifs is 1. The first-order valence-electron chi connectivity index (χ1n) is 13.6. The molecule has 3 N–H and O–H groups in total. The molecule has 9 nitrogen and oxygen atoms in total. The zero-order valence-corrected chi connectivity index (χ0v) is 23.7. The summed E-state index contributed by atoms with van der Waals surface area (Å²) in [7, 11) is 0. The molecule has 3 aromatic heterocycles. The SMILES string of the molecule is C=CC(=O)N1CCCC(n2nc(-c3ccc(C(=O)Nc4cc(C(F)(F)CCC)ccn4)cc3)c3c(N)ncc(Cl)c32)C1. The Kier molecular flexibility index (Phi) is 8.22. The van der Waals surface area contributed by atoms with Gasteiger partial charge in [0.25, 0.3) is 11.8 Å². The van der Waals surface area contributed by atoms with Gasteiger partial charge in [-0.2, -0.15) is 5.10 Å². The third-order valence-corrected chi connectivity index (χ3v) is 7.62. The predicted molar refractivity (Wildman–Crippen MR) is 158 cm³/mol. The molecule has 0 saturated carbocycles. The van der Waals surface area contributed by atoms with Gasteiger partial charge in [0.05, 0.1) is 28.2 Å². The summed E-state index contributed by atoms with van der Waals surface area (Å²) in [5.41, 5.74) is 8.21. The summed E-state index contributed by atoms with van der Waals surface area (Å²) >= 11 is 6.60. The number of amides is 2. The molecule has 1 aliphatic rings. The molecule has 1 unspecified atom stereocenters. The third-order valence-electron chi connectivity index (χ3n) is 7.35. The second kappa shape index (κ2) is 11.8. The number of anilines is 2. The maximum Gasteiger partial charge on any atom is 0.273 e. The van der Waals surface area contributed by atoms with Gasteiger partial charge in [-0.05, 0) is 43.2 Å². The number of hydrogen-bond donors (Lipinski definition) is 2. The Morgan fingerprint density at radius 2 is 2.00 bits per heavy atom. The fourth-order valence-corrected chi connectivity index (χ4v) is 5.49. The van der Waals surface area contributed by atoms with Crippen LogP contribution in [0.25, 0.3) is 22.2 Å². The summed E-state index contributed by atoms with van der Waals surface area (Å²) in [5, 5.41) is 8.42. The lowest BCUT2D eigenvalue weighted by molar-refractivity contribution is -0.127. The van der Waals surface area contributed by atoms with E-state index in [0.29, 0.717) is 52.3 Å². The summed E-state index contributed by atoms with van der Waals surface area (Å²) in [6, 6.07) is 8.93. The van der Waals surface area contributed by atoms with Crippen LogP contribution in [0.4, 0.5) is 20.4 Å². The van der Waals surface area contributed by atoms with Gasteiger partial charge in [0, 0.05) is 42.4 Å². The van der Waals surface area contributed by atoms with Crippen molar-refractivity contribution >= 4 is 46.0 Å². The number of nitrogens with zero attached hydrogens (tertiary/aromatic N) is 5. The van der Waals surface area contributed by atoms with Crippen LogP contribution in [0.2, 0.25) is 5.02 Å².